The van der Waals surface area contributed by atoms with Crippen molar-refractivity contribution in [3.05, 3.63) is 59.2 Å². The topological polar surface area (TPSA) is 127 Å². The van der Waals surface area contributed by atoms with E-state index in [1.54, 1.807) is 42.5 Å². The SMILES string of the molecule is COC(=O)C1(C(=O)OC)Oc2ccc(CC(C)NCC(O)c3cccc(C#N)c3)cc2O1. The highest BCUT2D eigenvalue weighted by molar-refractivity contribution is 6.03. The highest BCUT2D eigenvalue weighted by Gasteiger charge is 2.59. The summed E-state index contributed by atoms with van der Waals surface area (Å²) in [5.41, 5.74) is 2.01. The number of aliphatic hydroxyl groups is 1. The minimum absolute atomic E-state index is 0.0184. The zero-order valence-electron chi connectivity index (χ0n) is 18.0. The van der Waals surface area contributed by atoms with Crippen molar-refractivity contribution in [1.82, 2.24) is 5.32 Å². The van der Waals surface area contributed by atoms with Crippen molar-refractivity contribution in [1.29, 1.82) is 5.26 Å². The van der Waals surface area contributed by atoms with Crippen LogP contribution in [0.5, 0.6) is 11.5 Å². The molecular formula is C23H24N2O7. The number of aliphatic hydroxyl groups excluding tert-OH is 1. The number of methoxy groups -OCH3 is 2. The fourth-order valence-electron chi connectivity index (χ4n) is 3.36. The van der Waals surface area contributed by atoms with Gasteiger partial charge in [0.1, 0.15) is 0 Å². The first-order chi connectivity index (χ1) is 15.3. The normalized spacial score (nSPS) is 15.3. The summed E-state index contributed by atoms with van der Waals surface area (Å²) in [5, 5.41) is 22.6. The van der Waals surface area contributed by atoms with Gasteiger partial charge in [-0.15, -0.1) is 0 Å². The van der Waals surface area contributed by atoms with E-state index in [2.05, 4.69) is 20.9 Å². The summed E-state index contributed by atoms with van der Waals surface area (Å²) < 4.78 is 20.3. The number of nitriles is 1. The molecule has 2 aromatic carbocycles. The zero-order valence-corrected chi connectivity index (χ0v) is 18.0. The van der Waals surface area contributed by atoms with Crippen molar-refractivity contribution >= 4 is 11.9 Å². The molecule has 9 heteroatoms. The van der Waals surface area contributed by atoms with Gasteiger partial charge in [-0.25, -0.2) is 9.59 Å². The second kappa shape index (κ2) is 9.68. The molecule has 0 saturated heterocycles. The van der Waals surface area contributed by atoms with Gasteiger partial charge in [0.2, 0.25) is 0 Å². The number of nitrogens with zero attached hydrogens (tertiary/aromatic N) is 1. The largest absolute Gasteiger partial charge is 0.463 e. The number of ether oxygens (including phenoxy) is 4. The van der Waals surface area contributed by atoms with Gasteiger partial charge in [0.05, 0.1) is 32.0 Å². The van der Waals surface area contributed by atoms with E-state index in [0.717, 1.165) is 19.8 Å². The monoisotopic (exact) mass is 440 g/mol. The third-order valence-corrected chi connectivity index (χ3v) is 5.03. The van der Waals surface area contributed by atoms with Crippen LogP contribution >= 0.6 is 0 Å². The van der Waals surface area contributed by atoms with E-state index in [-0.39, 0.29) is 17.5 Å². The van der Waals surface area contributed by atoms with Gasteiger partial charge in [0.25, 0.3) is 0 Å². The molecule has 0 spiro atoms. The van der Waals surface area contributed by atoms with E-state index < -0.39 is 23.8 Å². The van der Waals surface area contributed by atoms with Gasteiger partial charge in [-0.05, 0) is 48.7 Å². The molecule has 1 aliphatic rings. The molecule has 0 amide bonds. The van der Waals surface area contributed by atoms with Crippen molar-refractivity contribution in [2.75, 3.05) is 20.8 Å². The minimum atomic E-state index is -2.32. The number of hydrogen-bond acceptors (Lipinski definition) is 9. The lowest BCUT2D eigenvalue weighted by atomic mass is 10.0. The number of fused-ring (bicyclic) bond motifs is 1. The van der Waals surface area contributed by atoms with Gasteiger partial charge in [-0.1, -0.05) is 18.2 Å². The fourth-order valence-corrected chi connectivity index (χ4v) is 3.36. The van der Waals surface area contributed by atoms with Gasteiger partial charge < -0.3 is 29.4 Å². The molecule has 2 N–H and O–H groups in total. The van der Waals surface area contributed by atoms with Crippen LogP contribution in [0.15, 0.2) is 42.5 Å². The summed E-state index contributed by atoms with van der Waals surface area (Å²) in [6, 6.07) is 13.9. The van der Waals surface area contributed by atoms with Crippen LogP contribution in [0.4, 0.5) is 0 Å². The Bertz CT molecular complexity index is 1030. The number of hydrogen-bond donors (Lipinski definition) is 2. The van der Waals surface area contributed by atoms with E-state index in [9.17, 15) is 14.7 Å². The Kier molecular flexibility index (Phi) is 6.98. The van der Waals surface area contributed by atoms with Crippen LogP contribution in [0.2, 0.25) is 0 Å². The fraction of sp³-hybridized carbons (Fsp3) is 0.348. The Labute approximate surface area is 185 Å². The summed E-state index contributed by atoms with van der Waals surface area (Å²) >= 11 is 0. The lowest BCUT2D eigenvalue weighted by Crippen LogP contribution is -2.55. The molecule has 9 nitrogen and oxygen atoms in total. The van der Waals surface area contributed by atoms with Gasteiger partial charge >= 0.3 is 17.7 Å². The first-order valence-corrected chi connectivity index (χ1v) is 9.92. The molecule has 32 heavy (non-hydrogen) atoms. The van der Waals surface area contributed by atoms with Crippen molar-refractivity contribution < 1.29 is 33.6 Å². The van der Waals surface area contributed by atoms with E-state index in [1.807, 2.05) is 6.92 Å². The van der Waals surface area contributed by atoms with Crippen molar-refractivity contribution in [3.8, 4) is 17.6 Å². The van der Waals surface area contributed by atoms with Crippen LogP contribution < -0.4 is 14.8 Å². The van der Waals surface area contributed by atoms with Crippen LogP contribution in [0, 0.1) is 11.3 Å². The van der Waals surface area contributed by atoms with Crippen LogP contribution in [0.1, 0.15) is 29.7 Å². The number of rotatable bonds is 8. The summed E-state index contributed by atoms with van der Waals surface area (Å²) in [7, 11) is 2.24. The Balaban J connectivity index is 1.63. The van der Waals surface area contributed by atoms with Gasteiger partial charge in [-0.3, -0.25) is 0 Å². The molecule has 2 aromatic rings. The Morgan fingerprint density at radius 1 is 1.12 bits per heavy atom. The summed E-state index contributed by atoms with van der Waals surface area (Å²) in [6.45, 7) is 2.25. The number of carbonyl (C=O) groups is 2. The second-order valence-electron chi connectivity index (χ2n) is 7.35. The van der Waals surface area contributed by atoms with Crippen molar-refractivity contribution in [3.63, 3.8) is 0 Å². The smallest absolute Gasteiger partial charge is 0.453 e. The minimum Gasteiger partial charge on any atom is -0.463 e. The first kappa shape index (κ1) is 23.1. The Hall–Kier alpha value is -3.61. The van der Waals surface area contributed by atoms with E-state index in [0.29, 0.717) is 24.1 Å². The Morgan fingerprint density at radius 3 is 2.47 bits per heavy atom. The summed E-state index contributed by atoms with van der Waals surface area (Å²) in [5.74, 6) is -3.92. The van der Waals surface area contributed by atoms with E-state index in [1.165, 1.54) is 0 Å². The molecule has 168 valence electrons. The predicted molar refractivity (Wildman–Crippen MR) is 112 cm³/mol. The number of benzene rings is 2. The molecule has 2 unspecified atom stereocenters. The molecule has 2 atom stereocenters. The standard InChI is InChI=1S/C23H24N2O7/c1-14(25-13-18(26)17-6-4-5-16(10-17)12-24)9-15-7-8-19-20(11-15)32-23(31-19,21(27)29-2)22(28)30-3/h4-8,10-11,14,18,25-26H,9,13H2,1-3H3. The molecule has 0 aromatic heterocycles. The lowest BCUT2D eigenvalue weighted by molar-refractivity contribution is -0.199. The molecule has 3 rings (SSSR count). The third-order valence-electron chi connectivity index (χ3n) is 5.03. The van der Waals surface area contributed by atoms with Crippen LogP contribution in [-0.4, -0.2) is 49.6 Å². The van der Waals surface area contributed by atoms with E-state index >= 15 is 0 Å². The summed E-state index contributed by atoms with van der Waals surface area (Å²) in [6.07, 6.45) is -0.186. The predicted octanol–water partition coefficient (Wildman–Crippen LogP) is 1.63. The quantitative estimate of drug-likeness (QED) is 0.465. The van der Waals surface area contributed by atoms with Crippen molar-refractivity contribution in [2.24, 2.45) is 0 Å². The van der Waals surface area contributed by atoms with Gasteiger partial charge in [0.15, 0.2) is 11.5 Å². The molecule has 0 aliphatic carbocycles. The Morgan fingerprint density at radius 2 is 1.81 bits per heavy atom. The van der Waals surface area contributed by atoms with Gasteiger partial charge in [-0.2, -0.15) is 5.26 Å². The first-order valence-electron chi connectivity index (χ1n) is 9.92. The zero-order chi connectivity index (χ0) is 23.3. The molecule has 0 bridgehead atoms. The second-order valence-corrected chi connectivity index (χ2v) is 7.35. The average molecular weight is 440 g/mol. The number of nitrogens with one attached hydrogen (secondary N) is 1. The number of esters is 2. The highest BCUT2D eigenvalue weighted by atomic mass is 16.8. The number of carbonyl (C=O) groups excluding carboxylic acids is 2. The maximum Gasteiger partial charge on any atom is 0.453 e. The third kappa shape index (κ3) is 4.66. The molecular weight excluding hydrogens is 416 g/mol. The maximum absolute atomic E-state index is 12.1. The lowest BCUT2D eigenvalue weighted by Gasteiger charge is -2.21. The van der Waals surface area contributed by atoms with Crippen molar-refractivity contribution in [2.45, 2.75) is 31.3 Å². The maximum atomic E-state index is 12.1. The summed E-state index contributed by atoms with van der Waals surface area (Å²) in [4.78, 5) is 24.3. The van der Waals surface area contributed by atoms with Crippen LogP contribution in [-0.2, 0) is 25.5 Å². The van der Waals surface area contributed by atoms with Crippen LogP contribution in [0.25, 0.3) is 0 Å². The molecule has 0 radical (unpaired) electrons. The highest BCUT2D eigenvalue weighted by Crippen LogP contribution is 2.41. The molecule has 0 fully saturated rings. The molecule has 1 heterocycles. The van der Waals surface area contributed by atoms with Crippen LogP contribution in [0.3, 0.4) is 0 Å². The van der Waals surface area contributed by atoms with E-state index in [4.69, 9.17) is 14.7 Å². The molecule has 1 aliphatic heterocycles. The molecule has 0 saturated carbocycles. The van der Waals surface area contributed by atoms with Gasteiger partial charge in [0, 0.05) is 12.6 Å². The average Bonchev–Trinajstić information content (AvgIpc) is 3.21.